The van der Waals surface area contributed by atoms with Gasteiger partial charge in [0, 0.05) is 35.5 Å². The largest absolute Gasteiger partial charge is 0.491 e. The fourth-order valence-corrected chi connectivity index (χ4v) is 4.03. The summed E-state index contributed by atoms with van der Waals surface area (Å²) in [5.74, 6) is 1.41. The number of fused-ring (bicyclic) bond motifs is 2. The highest BCUT2D eigenvalue weighted by Crippen LogP contribution is 2.33. The number of aromatic amines is 2. The quantitative estimate of drug-likeness (QED) is 0.350. The maximum Gasteiger partial charge on any atom is 0.159 e. The van der Waals surface area contributed by atoms with Crippen molar-refractivity contribution in [3.8, 4) is 39.7 Å². The normalized spacial score (nSPS) is 11.6. The summed E-state index contributed by atoms with van der Waals surface area (Å²) in [6.45, 7) is 1.44. The highest BCUT2D eigenvalue weighted by atomic mass is 16.5. The molecule has 0 saturated heterocycles. The predicted molar refractivity (Wildman–Crippen MR) is 134 cm³/mol. The number of nitrogens with zero attached hydrogens (tertiary/aromatic N) is 5. The van der Waals surface area contributed by atoms with Gasteiger partial charge < -0.3 is 19.0 Å². The van der Waals surface area contributed by atoms with Gasteiger partial charge in [-0.15, -0.1) is 0 Å². The van der Waals surface area contributed by atoms with Crippen LogP contribution in [0.5, 0.6) is 5.75 Å². The topological polar surface area (TPSA) is 109 Å². The Kier molecular flexibility index (Phi) is 5.23. The maximum atomic E-state index is 5.87. The molecule has 0 aliphatic carbocycles. The Morgan fingerprint density at radius 1 is 0.971 bits per heavy atom. The van der Waals surface area contributed by atoms with E-state index in [4.69, 9.17) is 14.1 Å². The zero-order chi connectivity index (χ0) is 23.8. The highest BCUT2D eigenvalue weighted by molar-refractivity contribution is 5.97. The molecule has 174 valence electrons. The minimum absolute atomic E-state index is 0.602. The van der Waals surface area contributed by atoms with Gasteiger partial charge in [-0.25, -0.2) is 4.98 Å². The number of furan rings is 1. The average Bonchev–Trinajstić information content (AvgIpc) is 3.62. The van der Waals surface area contributed by atoms with Crippen LogP contribution in [-0.2, 0) is 0 Å². The van der Waals surface area contributed by atoms with Gasteiger partial charge in [0.2, 0.25) is 0 Å². The van der Waals surface area contributed by atoms with Gasteiger partial charge in [0.05, 0.1) is 29.8 Å². The molecule has 0 spiro atoms. The molecule has 6 aromatic rings. The third-order valence-electron chi connectivity index (χ3n) is 5.84. The lowest BCUT2D eigenvalue weighted by atomic mass is 10.0. The third kappa shape index (κ3) is 4.02. The summed E-state index contributed by atoms with van der Waals surface area (Å²) in [5, 5.41) is 8.63. The standard InChI is InChI=1S/C26H23N7O2/c1-33(2)8-10-35-19-11-18(13-27-14-19)16-3-4-21-20(12-16)24(32-31-21)26-29-22-5-7-28-23(25(22)30-26)17-6-9-34-15-17/h3-7,9,11-15H,8,10H2,1-2H3,(H,29,30)(H,31,32). The van der Waals surface area contributed by atoms with Crippen molar-refractivity contribution in [2.45, 2.75) is 0 Å². The monoisotopic (exact) mass is 465 g/mol. The van der Waals surface area contributed by atoms with Gasteiger partial charge in [-0.05, 0) is 50.0 Å². The van der Waals surface area contributed by atoms with Crippen LogP contribution in [0, 0.1) is 0 Å². The number of H-pyrrole nitrogens is 2. The summed E-state index contributed by atoms with van der Waals surface area (Å²) >= 11 is 0. The summed E-state index contributed by atoms with van der Waals surface area (Å²) < 4.78 is 11.1. The molecule has 6 rings (SSSR count). The highest BCUT2D eigenvalue weighted by Gasteiger charge is 2.17. The third-order valence-corrected chi connectivity index (χ3v) is 5.84. The van der Waals surface area contributed by atoms with Crippen molar-refractivity contribution in [1.82, 2.24) is 35.0 Å². The molecule has 0 fully saturated rings. The molecule has 0 radical (unpaired) electrons. The lowest BCUT2D eigenvalue weighted by Crippen LogP contribution is -2.19. The summed E-state index contributed by atoms with van der Waals surface area (Å²) in [7, 11) is 4.04. The second-order valence-electron chi connectivity index (χ2n) is 8.55. The molecule has 5 heterocycles. The van der Waals surface area contributed by atoms with Crippen LogP contribution in [0.3, 0.4) is 0 Å². The molecule has 0 unspecified atom stereocenters. The molecule has 9 heteroatoms. The minimum atomic E-state index is 0.602. The van der Waals surface area contributed by atoms with E-state index in [-0.39, 0.29) is 0 Å². The molecule has 0 aliphatic heterocycles. The van der Waals surface area contributed by atoms with E-state index in [1.165, 1.54) is 0 Å². The van der Waals surface area contributed by atoms with Gasteiger partial charge >= 0.3 is 0 Å². The zero-order valence-electron chi connectivity index (χ0n) is 19.3. The first-order valence-electron chi connectivity index (χ1n) is 11.2. The van der Waals surface area contributed by atoms with Crippen LogP contribution >= 0.6 is 0 Å². The Morgan fingerprint density at radius 2 is 1.91 bits per heavy atom. The molecular formula is C26H23N7O2. The number of pyridine rings is 2. The molecule has 2 N–H and O–H groups in total. The van der Waals surface area contributed by atoms with Crippen LogP contribution in [0.4, 0.5) is 0 Å². The lowest BCUT2D eigenvalue weighted by molar-refractivity contribution is 0.261. The molecule has 1 aromatic carbocycles. The SMILES string of the molecule is CN(C)CCOc1cncc(-c2ccc3[nH]nc(-c4nc5c(-c6ccoc6)nccc5[nH]4)c3c2)c1. The molecular weight excluding hydrogens is 442 g/mol. The number of imidazole rings is 1. The zero-order valence-corrected chi connectivity index (χ0v) is 19.3. The van der Waals surface area contributed by atoms with Crippen molar-refractivity contribution in [2.24, 2.45) is 0 Å². The Morgan fingerprint density at radius 3 is 2.77 bits per heavy atom. The van der Waals surface area contributed by atoms with Crippen molar-refractivity contribution in [3.63, 3.8) is 0 Å². The Balaban J connectivity index is 1.38. The first-order chi connectivity index (χ1) is 17.2. The number of hydrogen-bond donors (Lipinski definition) is 2. The van der Waals surface area contributed by atoms with Gasteiger partial charge in [0.15, 0.2) is 5.82 Å². The Bertz CT molecular complexity index is 1620. The number of likely N-dealkylation sites (N-methyl/N-ethyl adjacent to an activating group) is 1. The predicted octanol–water partition coefficient (Wildman–Crippen LogP) is 4.76. The van der Waals surface area contributed by atoms with E-state index < -0.39 is 0 Å². The van der Waals surface area contributed by atoms with E-state index in [1.807, 2.05) is 50.6 Å². The minimum Gasteiger partial charge on any atom is -0.491 e. The fraction of sp³-hybridized carbons (Fsp3) is 0.154. The summed E-state index contributed by atoms with van der Waals surface area (Å²) in [6, 6.07) is 11.9. The molecule has 0 amide bonds. The van der Waals surface area contributed by atoms with Crippen LogP contribution in [0.25, 0.3) is 55.8 Å². The van der Waals surface area contributed by atoms with Gasteiger partial charge in [0.1, 0.15) is 29.3 Å². The van der Waals surface area contributed by atoms with E-state index in [2.05, 4.69) is 36.1 Å². The molecule has 9 nitrogen and oxygen atoms in total. The Hall–Kier alpha value is -4.50. The summed E-state index contributed by atoms with van der Waals surface area (Å²) in [6.07, 6.45) is 8.63. The van der Waals surface area contributed by atoms with Gasteiger partial charge in [-0.1, -0.05) is 6.07 Å². The Labute approximate surface area is 200 Å². The van der Waals surface area contributed by atoms with E-state index >= 15 is 0 Å². The van der Waals surface area contributed by atoms with Crippen molar-refractivity contribution in [3.05, 3.63) is 67.5 Å². The molecule has 0 atom stereocenters. The van der Waals surface area contributed by atoms with Gasteiger partial charge in [-0.2, -0.15) is 5.10 Å². The van der Waals surface area contributed by atoms with E-state index in [9.17, 15) is 0 Å². The van der Waals surface area contributed by atoms with Crippen LogP contribution in [0.15, 0.2) is 71.9 Å². The van der Waals surface area contributed by atoms with Crippen molar-refractivity contribution in [1.29, 1.82) is 0 Å². The summed E-state index contributed by atoms with van der Waals surface area (Å²) in [5.41, 5.74) is 6.93. The average molecular weight is 466 g/mol. The molecule has 0 bridgehead atoms. The first-order valence-corrected chi connectivity index (χ1v) is 11.2. The van der Waals surface area contributed by atoms with E-state index in [0.717, 1.165) is 62.3 Å². The number of aromatic nitrogens is 6. The van der Waals surface area contributed by atoms with Gasteiger partial charge in [-0.3, -0.25) is 15.1 Å². The van der Waals surface area contributed by atoms with Crippen LogP contribution < -0.4 is 4.74 Å². The summed E-state index contributed by atoms with van der Waals surface area (Å²) in [4.78, 5) is 19.2. The number of nitrogens with one attached hydrogen (secondary N) is 2. The molecule has 5 aromatic heterocycles. The van der Waals surface area contributed by atoms with E-state index in [1.54, 1.807) is 24.9 Å². The first kappa shape index (κ1) is 21.1. The second kappa shape index (κ2) is 8.69. The number of rotatable bonds is 7. The van der Waals surface area contributed by atoms with Crippen LogP contribution in [0.2, 0.25) is 0 Å². The second-order valence-corrected chi connectivity index (χ2v) is 8.55. The van der Waals surface area contributed by atoms with Crippen LogP contribution in [0.1, 0.15) is 0 Å². The fourth-order valence-electron chi connectivity index (χ4n) is 4.03. The molecule has 0 saturated carbocycles. The molecule has 0 aliphatic rings. The van der Waals surface area contributed by atoms with E-state index in [0.29, 0.717) is 12.4 Å². The number of ether oxygens (including phenoxy) is 1. The van der Waals surface area contributed by atoms with Crippen molar-refractivity contribution < 1.29 is 9.15 Å². The number of benzene rings is 1. The van der Waals surface area contributed by atoms with Crippen molar-refractivity contribution in [2.75, 3.05) is 27.2 Å². The molecule has 35 heavy (non-hydrogen) atoms. The van der Waals surface area contributed by atoms with Crippen LogP contribution in [-0.4, -0.2) is 62.3 Å². The smallest absolute Gasteiger partial charge is 0.159 e. The number of hydrogen-bond acceptors (Lipinski definition) is 7. The maximum absolute atomic E-state index is 5.87. The lowest BCUT2D eigenvalue weighted by Gasteiger charge is -2.11. The van der Waals surface area contributed by atoms with Gasteiger partial charge in [0.25, 0.3) is 0 Å². The van der Waals surface area contributed by atoms with Crippen molar-refractivity contribution >= 4 is 21.9 Å².